The molecule has 0 saturated heterocycles. The molecule has 0 fully saturated rings. The molecule has 1 aliphatic heterocycles. The van der Waals surface area contributed by atoms with Gasteiger partial charge >= 0.3 is 5.97 Å². The van der Waals surface area contributed by atoms with E-state index in [9.17, 15) is 24.3 Å². The van der Waals surface area contributed by atoms with Crippen molar-refractivity contribution in [3.05, 3.63) is 78.0 Å². The third-order valence-corrected chi connectivity index (χ3v) is 5.65. The number of hydrogen-bond acceptors (Lipinski definition) is 4. The summed E-state index contributed by atoms with van der Waals surface area (Å²) in [5.74, 6) is -2.63. The van der Waals surface area contributed by atoms with E-state index in [-0.39, 0.29) is 24.8 Å². The van der Waals surface area contributed by atoms with Gasteiger partial charge in [0, 0.05) is 19.5 Å². The van der Waals surface area contributed by atoms with Gasteiger partial charge in [-0.15, -0.1) is 0 Å². The molecule has 0 radical (unpaired) electrons. The van der Waals surface area contributed by atoms with Gasteiger partial charge in [-0.1, -0.05) is 74.5 Å². The van der Waals surface area contributed by atoms with Crippen LogP contribution in [0.3, 0.4) is 0 Å². The Morgan fingerprint density at radius 3 is 2.12 bits per heavy atom. The Bertz CT molecular complexity index is 1080. The molecule has 178 valence electrons. The van der Waals surface area contributed by atoms with Crippen molar-refractivity contribution in [2.45, 2.75) is 39.3 Å². The summed E-state index contributed by atoms with van der Waals surface area (Å²) in [6.45, 7) is 4.69. The fraction of sp³-hybridized carbons (Fsp3) is 0.308. The van der Waals surface area contributed by atoms with Crippen LogP contribution < -0.4 is 5.32 Å². The second kappa shape index (κ2) is 10.8. The van der Waals surface area contributed by atoms with E-state index in [4.69, 9.17) is 0 Å². The van der Waals surface area contributed by atoms with Crippen molar-refractivity contribution < 1.29 is 24.3 Å². The Kier molecular flexibility index (Phi) is 7.83. The topological polar surface area (TPSA) is 107 Å². The molecule has 0 aliphatic carbocycles. The van der Waals surface area contributed by atoms with E-state index in [1.807, 2.05) is 26.0 Å². The summed E-state index contributed by atoms with van der Waals surface area (Å²) < 4.78 is 0. The van der Waals surface area contributed by atoms with Gasteiger partial charge in [-0.25, -0.2) is 4.79 Å². The van der Waals surface area contributed by atoms with Crippen LogP contribution in [0.4, 0.5) is 0 Å². The normalized spacial score (nSPS) is 16.8. The Morgan fingerprint density at radius 1 is 1.00 bits per heavy atom. The fourth-order valence-corrected chi connectivity index (χ4v) is 4.01. The number of nitrogens with one attached hydrogen (secondary N) is 1. The van der Waals surface area contributed by atoms with Crippen LogP contribution in [0.5, 0.6) is 0 Å². The van der Waals surface area contributed by atoms with Crippen molar-refractivity contribution in [3.8, 4) is 0 Å². The van der Waals surface area contributed by atoms with Crippen molar-refractivity contribution in [2.24, 2.45) is 5.92 Å². The largest absolute Gasteiger partial charge is 0.480 e. The van der Waals surface area contributed by atoms with Crippen LogP contribution >= 0.6 is 0 Å². The number of carbonyl (C=O) groups excluding carboxylic acids is 3. The Balaban J connectivity index is 1.89. The number of carboxylic acid groups (broad SMARTS) is 1. The third-order valence-electron chi connectivity index (χ3n) is 5.65. The van der Waals surface area contributed by atoms with E-state index in [1.165, 1.54) is 16.7 Å². The summed E-state index contributed by atoms with van der Waals surface area (Å²) in [6, 6.07) is 16.1. The Morgan fingerprint density at radius 2 is 1.59 bits per heavy atom. The molecule has 2 atom stereocenters. The molecular formula is C26H29N3O5. The fourth-order valence-electron chi connectivity index (χ4n) is 4.01. The van der Waals surface area contributed by atoms with Crippen LogP contribution in [0.1, 0.15) is 31.9 Å². The number of nitrogens with zero attached hydrogens (tertiary/aromatic N) is 2. The summed E-state index contributed by atoms with van der Waals surface area (Å²) in [4.78, 5) is 53.3. The minimum absolute atomic E-state index is 0.115. The number of benzene rings is 2. The van der Waals surface area contributed by atoms with E-state index < -0.39 is 29.9 Å². The maximum atomic E-state index is 13.5. The third kappa shape index (κ3) is 5.70. The number of aliphatic carboxylic acids is 1. The lowest BCUT2D eigenvalue weighted by atomic mass is 9.97. The first-order valence-electron chi connectivity index (χ1n) is 11.1. The van der Waals surface area contributed by atoms with Crippen LogP contribution in [0, 0.1) is 5.92 Å². The lowest BCUT2D eigenvalue weighted by molar-refractivity contribution is -0.145. The first kappa shape index (κ1) is 24.7. The molecule has 2 aromatic carbocycles. The maximum Gasteiger partial charge on any atom is 0.326 e. The molecule has 34 heavy (non-hydrogen) atoms. The molecular weight excluding hydrogens is 434 g/mol. The molecule has 0 spiro atoms. The molecule has 0 bridgehead atoms. The summed E-state index contributed by atoms with van der Waals surface area (Å²) in [5.41, 5.74) is 1.84. The molecule has 0 saturated carbocycles. The van der Waals surface area contributed by atoms with Gasteiger partial charge in [0.05, 0.1) is 5.70 Å². The van der Waals surface area contributed by atoms with Gasteiger partial charge in [0.25, 0.3) is 5.91 Å². The van der Waals surface area contributed by atoms with Crippen molar-refractivity contribution in [1.29, 1.82) is 0 Å². The highest BCUT2D eigenvalue weighted by Crippen LogP contribution is 2.29. The summed E-state index contributed by atoms with van der Waals surface area (Å²) in [6.07, 6.45) is 1.71. The van der Waals surface area contributed by atoms with E-state index in [0.717, 1.165) is 5.56 Å². The molecule has 8 heteroatoms. The maximum absolute atomic E-state index is 13.5. The summed E-state index contributed by atoms with van der Waals surface area (Å²) in [7, 11) is 0. The molecule has 2 aromatic rings. The lowest BCUT2D eigenvalue weighted by Gasteiger charge is -2.40. The molecule has 8 nitrogen and oxygen atoms in total. The molecule has 2 unspecified atom stereocenters. The first-order chi connectivity index (χ1) is 16.2. The quantitative estimate of drug-likeness (QED) is 0.626. The SMILES string of the molecule is CC(=O)N1C=C(c2ccccc2)N(CC(=O)NC(Cc2ccccc2)C(=O)O)C(=O)C1C(C)C. The van der Waals surface area contributed by atoms with Gasteiger partial charge in [-0.2, -0.15) is 0 Å². The van der Waals surface area contributed by atoms with Crippen molar-refractivity contribution in [1.82, 2.24) is 15.1 Å². The van der Waals surface area contributed by atoms with Gasteiger partial charge in [0.1, 0.15) is 18.6 Å². The van der Waals surface area contributed by atoms with Gasteiger partial charge in [0.15, 0.2) is 0 Å². The van der Waals surface area contributed by atoms with Gasteiger partial charge in [-0.05, 0) is 17.0 Å². The van der Waals surface area contributed by atoms with Crippen LogP contribution in [-0.4, -0.2) is 57.2 Å². The first-order valence-corrected chi connectivity index (χ1v) is 11.1. The Labute approximate surface area is 198 Å². The molecule has 3 rings (SSSR count). The zero-order chi connectivity index (χ0) is 24.8. The van der Waals surface area contributed by atoms with Gasteiger partial charge < -0.3 is 15.3 Å². The Hall–Kier alpha value is -3.94. The van der Waals surface area contributed by atoms with Crippen LogP contribution in [0.15, 0.2) is 66.9 Å². The van der Waals surface area contributed by atoms with Gasteiger partial charge in [-0.3, -0.25) is 19.3 Å². The molecule has 2 N–H and O–H groups in total. The highest BCUT2D eigenvalue weighted by atomic mass is 16.4. The molecule has 3 amide bonds. The second-order valence-corrected chi connectivity index (χ2v) is 8.57. The smallest absolute Gasteiger partial charge is 0.326 e. The standard InChI is InChI=1S/C26H29N3O5/c1-17(2)24-25(32)29(22(15-28(24)18(3)30)20-12-8-5-9-13-20)16-23(31)27-21(26(33)34)14-19-10-6-4-7-11-19/h4-13,15,17,21,24H,14,16H2,1-3H3,(H,27,31)(H,33,34). The molecule has 1 heterocycles. The van der Waals surface area contributed by atoms with E-state index >= 15 is 0 Å². The minimum Gasteiger partial charge on any atom is -0.480 e. The number of hydrogen-bond donors (Lipinski definition) is 2. The zero-order valence-electron chi connectivity index (χ0n) is 19.5. The number of rotatable bonds is 8. The molecule has 1 aliphatic rings. The van der Waals surface area contributed by atoms with E-state index in [1.54, 1.807) is 54.7 Å². The number of carbonyl (C=O) groups is 4. The predicted octanol–water partition coefficient (Wildman–Crippen LogP) is 2.51. The molecule has 0 aromatic heterocycles. The predicted molar refractivity (Wildman–Crippen MR) is 127 cm³/mol. The van der Waals surface area contributed by atoms with E-state index in [0.29, 0.717) is 11.3 Å². The summed E-state index contributed by atoms with van der Waals surface area (Å²) >= 11 is 0. The van der Waals surface area contributed by atoms with E-state index in [2.05, 4.69) is 5.32 Å². The zero-order valence-corrected chi connectivity index (χ0v) is 19.5. The number of carboxylic acids is 1. The highest BCUT2D eigenvalue weighted by molar-refractivity contribution is 5.99. The van der Waals surface area contributed by atoms with Crippen LogP contribution in [0.2, 0.25) is 0 Å². The van der Waals surface area contributed by atoms with Gasteiger partial charge in [0.2, 0.25) is 11.8 Å². The average Bonchev–Trinajstić information content (AvgIpc) is 2.80. The second-order valence-electron chi connectivity index (χ2n) is 8.57. The van der Waals surface area contributed by atoms with Crippen LogP contribution in [-0.2, 0) is 25.6 Å². The number of amides is 3. The minimum atomic E-state index is -1.16. The highest BCUT2D eigenvalue weighted by Gasteiger charge is 2.40. The van der Waals surface area contributed by atoms with Crippen molar-refractivity contribution in [3.63, 3.8) is 0 Å². The van der Waals surface area contributed by atoms with Crippen LogP contribution in [0.25, 0.3) is 5.70 Å². The summed E-state index contributed by atoms with van der Waals surface area (Å²) in [5, 5.41) is 12.2. The van der Waals surface area contributed by atoms with Crippen molar-refractivity contribution in [2.75, 3.05) is 6.54 Å². The average molecular weight is 464 g/mol. The monoisotopic (exact) mass is 463 g/mol. The lowest BCUT2D eigenvalue weighted by Crippen LogP contribution is -2.56. The van der Waals surface area contributed by atoms with Crippen molar-refractivity contribution >= 4 is 29.4 Å².